The molecule has 1 fully saturated rings. The molecule has 0 spiro atoms. The lowest BCUT2D eigenvalue weighted by Gasteiger charge is -2.35. The van der Waals surface area contributed by atoms with Crippen LogP contribution < -0.4 is 4.74 Å². The lowest BCUT2D eigenvalue weighted by atomic mass is 9.90. The van der Waals surface area contributed by atoms with Crippen LogP contribution in [0.15, 0.2) is 17.0 Å². The van der Waals surface area contributed by atoms with Crippen molar-refractivity contribution in [2.75, 3.05) is 5.75 Å². The molecule has 1 aromatic carbocycles. The zero-order valence-corrected chi connectivity index (χ0v) is 12.5. The smallest absolute Gasteiger partial charge is 0.255 e. The van der Waals surface area contributed by atoms with Gasteiger partial charge in [-0.3, -0.25) is 0 Å². The number of nitrogens with zero attached hydrogens (tertiary/aromatic N) is 1. The van der Waals surface area contributed by atoms with Crippen molar-refractivity contribution in [1.29, 1.82) is 5.26 Å². The summed E-state index contributed by atoms with van der Waals surface area (Å²) < 4.78 is 55.1. The van der Waals surface area contributed by atoms with Crippen LogP contribution in [0.5, 0.6) is 5.75 Å². The largest absolute Gasteiger partial charge is 0.489 e. The average Bonchev–Trinajstić information content (AvgIpc) is 2.52. The van der Waals surface area contributed by atoms with E-state index in [1.165, 1.54) is 19.1 Å². The molecular formula is C14H13F2NO4S. The summed E-state index contributed by atoms with van der Waals surface area (Å²) >= 11 is 0. The van der Waals surface area contributed by atoms with Gasteiger partial charge in [0.15, 0.2) is 9.84 Å². The second-order valence-corrected chi connectivity index (χ2v) is 7.92. The molecule has 1 aliphatic heterocycles. The predicted molar refractivity (Wildman–Crippen MR) is 71.4 cm³/mol. The Hall–Kier alpha value is -1.72. The van der Waals surface area contributed by atoms with Gasteiger partial charge in [0.2, 0.25) is 0 Å². The summed E-state index contributed by atoms with van der Waals surface area (Å²) in [5.74, 6) is -3.25. The van der Waals surface area contributed by atoms with Gasteiger partial charge < -0.3 is 9.84 Å². The summed E-state index contributed by atoms with van der Waals surface area (Å²) in [5, 5.41) is 19.6. The number of alkyl halides is 2. The van der Waals surface area contributed by atoms with E-state index in [0.29, 0.717) is 0 Å². The van der Waals surface area contributed by atoms with Crippen molar-refractivity contribution in [3.8, 4) is 11.8 Å². The van der Waals surface area contributed by atoms with Crippen LogP contribution in [-0.4, -0.2) is 31.3 Å². The fourth-order valence-electron chi connectivity index (χ4n) is 2.96. The molecule has 8 heteroatoms. The molecule has 1 atom stereocenters. The van der Waals surface area contributed by atoms with Gasteiger partial charge in [0.25, 0.3) is 5.92 Å². The van der Waals surface area contributed by atoms with Gasteiger partial charge in [0.1, 0.15) is 29.1 Å². The normalized spacial score (nSPS) is 28.5. The summed E-state index contributed by atoms with van der Waals surface area (Å²) in [7, 11) is -3.68. The first-order valence-electron chi connectivity index (χ1n) is 6.63. The highest BCUT2D eigenvalue weighted by molar-refractivity contribution is 7.91. The first-order valence-corrected chi connectivity index (χ1v) is 8.28. The Kier molecular flexibility index (Phi) is 3.03. The zero-order valence-electron chi connectivity index (χ0n) is 11.6. The molecule has 1 N–H and O–H groups in total. The lowest BCUT2D eigenvalue weighted by Crippen LogP contribution is -2.43. The molecule has 0 saturated heterocycles. The monoisotopic (exact) mass is 329 g/mol. The van der Waals surface area contributed by atoms with E-state index in [1.54, 1.807) is 0 Å². The number of fused-ring (bicyclic) bond motifs is 1. The van der Waals surface area contributed by atoms with Crippen molar-refractivity contribution >= 4 is 9.84 Å². The Morgan fingerprint density at radius 3 is 2.59 bits per heavy atom. The summed E-state index contributed by atoms with van der Waals surface area (Å²) in [6.45, 7) is 1.30. The Morgan fingerprint density at radius 1 is 1.41 bits per heavy atom. The maximum absolute atomic E-state index is 12.9. The number of hydrogen-bond donors (Lipinski definition) is 1. The van der Waals surface area contributed by atoms with Crippen LogP contribution in [-0.2, 0) is 15.4 Å². The van der Waals surface area contributed by atoms with Gasteiger partial charge in [-0.2, -0.15) is 5.26 Å². The Balaban J connectivity index is 2.04. The molecule has 3 rings (SSSR count). The number of rotatable bonds is 2. The van der Waals surface area contributed by atoms with E-state index >= 15 is 0 Å². The van der Waals surface area contributed by atoms with Gasteiger partial charge in [-0.05, 0) is 19.1 Å². The van der Waals surface area contributed by atoms with Crippen LogP contribution in [0.4, 0.5) is 8.78 Å². The van der Waals surface area contributed by atoms with Crippen molar-refractivity contribution in [3.63, 3.8) is 0 Å². The molecule has 1 aromatic rings. The zero-order chi connectivity index (χ0) is 16.3. The van der Waals surface area contributed by atoms with Gasteiger partial charge in [-0.1, -0.05) is 0 Å². The quantitative estimate of drug-likeness (QED) is 0.893. The standard InChI is InChI=1S/C14H13F2NO4S/c1-13(18)7-22(19,20)11-3-2-10(9(6-17)12(11)13)21-8-4-14(15,16)5-8/h2-3,8,18H,4-5,7H2,1H3. The van der Waals surface area contributed by atoms with Crippen molar-refractivity contribution in [3.05, 3.63) is 23.3 Å². The number of nitriles is 1. The molecule has 1 heterocycles. The van der Waals surface area contributed by atoms with Crippen LogP contribution in [0.2, 0.25) is 0 Å². The lowest BCUT2D eigenvalue weighted by molar-refractivity contribution is -0.134. The number of aliphatic hydroxyl groups is 1. The SMILES string of the molecule is CC1(O)CS(=O)(=O)c2ccc(OC3CC(F)(F)C3)c(C#N)c21. The van der Waals surface area contributed by atoms with E-state index in [-0.39, 0.29) is 21.8 Å². The summed E-state index contributed by atoms with van der Waals surface area (Å²) in [6, 6.07) is 4.36. The molecule has 2 aliphatic rings. The molecule has 5 nitrogen and oxygen atoms in total. The van der Waals surface area contributed by atoms with Crippen molar-refractivity contribution in [1.82, 2.24) is 0 Å². The van der Waals surface area contributed by atoms with E-state index in [1.807, 2.05) is 6.07 Å². The topological polar surface area (TPSA) is 87.4 Å². The first-order chi connectivity index (χ1) is 10.1. The number of ether oxygens (including phenoxy) is 1. The minimum Gasteiger partial charge on any atom is -0.489 e. The van der Waals surface area contributed by atoms with Crippen molar-refractivity contribution < 1.29 is 27.0 Å². The number of hydrogen-bond acceptors (Lipinski definition) is 5. The van der Waals surface area contributed by atoms with Gasteiger partial charge >= 0.3 is 0 Å². The highest BCUT2D eigenvalue weighted by Gasteiger charge is 2.48. The van der Waals surface area contributed by atoms with Gasteiger partial charge in [0, 0.05) is 18.4 Å². The van der Waals surface area contributed by atoms with Gasteiger partial charge in [-0.25, -0.2) is 17.2 Å². The third kappa shape index (κ3) is 2.25. The van der Waals surface area contributed by atoms with E-state index in [4.69, 9.17) is 4.74 Å². The van der Waals surface area contributed by atoms with Crippen LogP contribution in [0.3, 0.4) is 0 Å². The highest BCUT2D eigenvalue weighted by atomic mass is 32.2. The van der Waals surface area contributed by atoms with Crippen LogP contribution in [0, 0.1) is 11.3 Å². The summed E-state index contributed by atoms with van der Waals surface area (Å²) in [6.07, 6.45) is -1.60. The van der Waals surface area contributed by atoms with E-state index in [9.17, 15) is 27.6 Å². The average molecular weight is 329 g/mol. The maximum Gasteiger partial charge on any atom is 0.255 e. The molecule has 1 unspecified atom stereocenters. The molecular weight excluding hydrogens is 316 g/mol. The van der Waals surface area contributed by atoms with E-state index < -0.39 is 46.1 Å². The minimum absolute atomic E-state index is 0.0152. The molecule has 118 valence electrons. The summed E-state index contributed by atoms with van der Waals surface area (Å²) in [4.78, 5) is -0.111. The van der Waals surface area contributed by atoms with E-state index in [2.05, 4.69) is 0 Å². The third-order valence-electron chi connectivity index (χ3n) is 3.93. The fourth-order valence-corrected chi connectivity index (χ4v) is 4.90. The number of halogens is 2. The third-order valence-corrected chi connectivity index (χ3v) is 5.88. The Labute approximate surface area is 126 Å². The molecule has 0 aromatic heterocycles. The Morgan fingerprint density at radius 2 is 2.05 bits per heavy atom. The minimum atomic E-state index is -3.68. The van der Waals surface area contributed by atoms with Crippen molar-refractivity contribution in [2.24, 2.45) is 0 Å². The van der Waals surface area contributed by atoms with Crippen molar-refractivity contribution in [2.45, 2.75) is 42.3 Å². The Bertz CT molecular complexity index is 788. The molecule has 22 heavy (non-hydrogen) atoms. The molecule has 0 amide bonds. The molecule has 1 saturated carbocycles. The molecule has 1 aliphatic carbocycles. The first kappa shape index (κ1) is 15.2. The fraction of sp³-hybridized carbons (Fsp3) is 0.500. The summed E-state index contributed by atoms with van der Waals surface area (Å²) in [5.41, 5.74) is -1.83. The van der Waals surface area contributed by atoms with Crippen LogP contribution in [0.25, 0.3) is 0 Å². The molecule has 0 bridgehead atoms. The van der Waals surface area contributed by atoms with Crippen LogP contribution >= 0.6 is 0 Å². The maximum atomic E-state index is 12.9. The van der Waals surface area contributed by atoms with Gasteiger partial charge in [-0.15, -0.1) is 0 Å². The van der Waals surface area contributed by atoms with E-state index in [0.717, 1.165) is 0 Å². The second kappa shape index (κ2) is 4.40. The van der Waals surface area contributed by atoms with Gasteiger partial charge in [0.05, 0.1) is 10.6 Å². The van der Waals surface area contributed by atoms with Crippen LogP contribution in [0.1, 0.15) is 30.9 Å². The second-order valence-electron chi connectivity index (χ2n) is 5.96. The number of sulfone groups is 1. The molecule has 0 radical (unpaired) electrons. The number of benzene rings is 1. The predicted octanol–water partition coefficient (Wildman–Crippen LogP) is 1.73. The highest BCUT2D eigenvalue weighted by Crippen LogP contribution is 2.45.